The fourth-order valence-corrected chi connectivity index (χ4v) is 4.08. The standard InChI is InChI=1S/C22H24F2N2O2/c23-18-7-3-16(4-8-18)21(17-5-9-19(24)10-6-17)25-11-13-26(14-12-25)22(27)20-2-1-15-28-20/h3-10,20-21H,1-2,11-15H2. The molecule has 28 heavy (non-hydrogen) atoms. The minimum atomic E-state index is -0.295. The predicted molar refractivity (Wildman–Crippen MR) is 102 cm³/mol. The highest BCUT2D eigenvalue weighted by Crippen LogP contribution is 2.30. The van der Waals surface area contributed by atoms with E-state index >= 15 is 0 Å². The number of ether oxygens (including phenoxy) is 1. The van der Waals surface area contributed by atoms with E-state index in [-0.39, 0.29) is 29.7 Å². The van der Waals surface area contributed by atoms with E-state index in [1.165, 1.54) is 24.3 Å². The Bertz CT molecular complexity index is 751. The van der Waals surface area contributed by atoms with Crippen LogP contribution in [0.4, 0.5) is 8.78 Å². The van der Waals surface area contributed by atoms with E-state index in [0.29, 0.717) is 32.8 Å². The van der Waals surface area contributed by atoms with Gasteiger partial charge in [-0.25, -0.2) is 8.78 Å². The minimum absolute atomic E-state index is 0.0808. The lowest BCUT2D eigenvalue weighted by molar-refractivity contribution is -0.142. The second kappa shape index (κ2) is 8.37. The Morgan fingerprint density at radius 2 is 1.43 bits per heavy atom. The average Bonchev–Trinajstić information content (AvgIpc) is 3.26. The second-order valence-corrected chi connectivity index (χ2v) is 7.37. The van der Waals surface area contributed by atoms with Crippen LogP contribution in [0.25, 0.3) is 0 Å². The monoisotopic (exact) mass is 386 g/mol. The zero-order chi connectivity index (χ0) is 19.5. The van der Waals surface area contributed by atoms with Crippen molar-refractivity contribution >= 4 is 5.91 Å². The van der Waals surface area contributed by atoms with Crippen LogP contribution in [0.2, 0.25) is 0 Å². The van der Waals surface area contributed by atoms with Gasteiger partial charge in [-0.3, -0.25) is 9.69 Å². The highest BCUT2D eigenvalue weighted by molar-refractivity contribution is 5.81. The zero-order valence-corrected chi connectivity index (χ0v) is 15.7. The molecular weight excluding hydrogens is 362 g/mol. The molecule has 4 nitrogen and oxygen atoms in total. The van der Waals surface area contributed by atoms with Crippen LogP contribution in [0.15, 0.2) is 48.5 Å². The van der Waals surface area contributed by atoms with Crippen molar-refractivity contribution in [1.29, 1.82) is 0 Å². The van der Waals surface area contributed by atoms with Gasteiger partial charge in [-0.1, -0.05) is 24.3 Å². The number of piperazine rings is 1. The van der Waals surface area contributed by atoms with E-state index < -0.39 is 0 Å². The summed E-state index contributed by atoms with van der Waals surface area (Å²) < 4.78 is 32.4. The molecule has 2 fully saturated rings. The topological polar surface area (TPSA) is 32.8 Å². The molecule has 0 aliphatic carbocycles. The maximum absolute atomic E-state index is 13.4. The van der Waals surface area contributed by atoms with Gasteiger partial charge in [-0.2, -0.15) is 0 Å². The number of hydrogen-bond donors (Lipinski definition) is 0. The number of hydrogen-bond acceptors (Lipinski definition) is 3. The molecule has 0 radical (unpaired) electrons. The summed E-state index contributed by atoms with van der Waals surface area (Å²) >= 11 is 0. The van der Waals surface area contributed by atoms with E-state index in [9.17, 15) is 13.6 Å². The first-order chi connectivity index (χ1) is 13.6. The quantitative estimate of drug-likeness (QED) is 0.808. The molecule has 2 saturated heterocycles. The van der Waals surface area contributed by atoms with Gasteiger partial charge >= 0.3 is 0 Å². The Morgan fingerprint density at radius 3 is 1.89 bits per heavy atom. The van der Waals surface area contributed by atoms with Crippen molar-refractivity contribution < 1.29 is 18.3 Å². The van der Waals surface area contributed by atoms with Crippen molar-refractivity contribution in [3.05, 3.63) is 71.3 Å². The van der Waals surface area contributed by atoms with Crippen molar-refractivity contribution in [2.75, 3.05) is 32.8 Å². The van der Waals surface area contributed by atoms with E-state index in [2.05, 4.69) is 4.90 Å². The second-order valence-electron chi connectivity index (χ2n) is 7.37. The number of nitrogens with zero attached hydrogens (tertiary/aromatic N) is 2. The molecule has 4 rings (SSSR count). The van der Waals surface area contributed by atoms with E-state index in [1.54, 1.807) is 24.3 Å². The van der Waals surface area contributed by atoms with Crippen LogP contribution in [0, 0.1) is 11.6 Å². The first-order valence-corrected chi connectivity index (χ1v) is 9.77. The molecule has 2 heterocycles. The number of amides is 1. The van der Waals surface area contributed by atoms with E-state index in [1.807, 2.05) is 4.90 Å². The third-order valence-electron chi connectivity index (χ3n) is 5.57. The molecule has 2 aromatic rings. The summed E-state index contributed by atoms with van der Waals surface area (Å²) in [6.07, 6.45) is 1.44. The van der Waals surface area contributed by atoms with Crippen molar-refractivity contribution in [3.63, 3.8) is 0 Å². The number of halogens is 2. The van der Waals surface area contributed by atoms with Crippen molar-refractivity contribution in [2.45, 2.75) is 25.0 Å². The van der Waals surface area contributed by atoms with Crippen LogP contribution in [0.5, 0.6) is 0 Å². The normalized spacial score (nSPS) is 20.7. The summed E-state index contributed by atoms with van der Waals surface area (Å²) in [5.41, 5.74) is 1.90. The molecule has 6 heteroatoms. The average molecular weight is 386 g/mol. The fraction of sp³-hybridized carbons (Fsp3) is 0.409. The molecule has 2 aliphatic heterocycles. The first kappa shape index (κ1) is 19.0. The molecule has 1 amide bonds. The molecule has 2 aromatic carbocycles. The first-order valence-electron chi connectivity index (χ1n) is 9.77. The Kier molecular flexibility index (Phi) is 5.69. The Balaban J connectivity index is 1.51. The molecule has 148 valence electrons. The lowest BCUT2D eigenvalue weighted by Gasteiger charge is -2.40. The van der Waals surface area contributed by atoms with Gasteiger partial charge in [0, 0.05) is 32.8 Å². The van der Waals surface area contributed by atoms with Crippen LogP contribution in [-0.2, 0) is 9.53 Å². The fourth-order valence-electron chi connectivity index (χ4n) is 4.08. The summed E-state index contributed by atoms with van der Waals surface area (Å²) in [6, 6.07) is 12.8. The van der Waals surface area contributed by atoms with Gasteiger partial charge in [0.2, 0.25) is 0 Å². The number of benzene rings is 2. The number of rotatable bonds is 4. The summed E-state index contributed by atoms with van der Waals surface area (Å²) in [7, 11) is 0. The van der Waals surface area contributed by atoms with Gasteiger partial charge in [0.05, 0.1) is 6.04 Å². The maximum atomic E-state index is 13.4. The highest BCUT2D eigenvalue weighted by atomic mass is 19.1. The summed E-state index contributed by atoms with van der Waals surface area (Å²) in [5, 5.41) is 0. The smallest absolute Gasteiger partial charge is 0.251 e. The van der Waals surface area contributed by atoms with E-state index in [4.69, 9.17) is 4.74 Å². The summed E-state index contributed by atoms with van der Waals surface area (Å²) in [4.78, 5) is 16.7. The molecule has 0 bridgehead atoms. The summed E-state index contributed by atoms with van der Waals surface area (Å²) in [6.45, 7) is 3.29. The molecular formula is C22H24F2N2O2. The Labute approximate surface area is 163 Å². The SMILES string of the molecule is O=C(C1CCCO1)N1CCN(C(c2ccc(F)cc2)c2ccc(F)cc2)CC1. The van der Waals surface area contributed by atoms with E-state index in [0.717, 1.165) is 24.0 Å². The third-order valence-corrected chi connectivity index (χ3v) is 5.57. The van der Waals surface area contributed by atoms with Crippen molar-refractivity contribution in [3.8, 4) is 0 Å². The molecule has 0 aromatic heterocycles. The van der Waals surface area contributed by atoms with Gasteiger partial charge in [0.25, 0.3) is 5.91 Å². The lowest BCUT2D eigenvalue weighted by Crippen LogP contribution is -2.52. The van der Waals surface area contributed by atoms with Gasteiger partial charge in [0.1, 0.15) is 17.7 Å². The minimum Gasteiger partial charge on any atom is -0.368 e. The van der Waals surface area contributed by atoms with Gasteiger partial charge in [-0.05, 0) is 48.2 Å². The highest BCUT2D eigenvalue weighted by Gasteiger charge is 2.32. The summed E-state index contributed by atoms with van der Waals surface area (Å²) in [5.74, 6) is -0.487. The van der Waals surface area contributed by atoms with Gasteiger partial charge < -0.3 is 9.64 Å². The molecule has 2 aliphatic rings. The van der Waals surface area contributed by atoms with Crippen LogP contribution < -0.4 is 0 Å². The third kappa shape index (κ3) is 4.08. The number of carbonyl (C=O) groups excluding carboxylic acids is 1. The molecule has 0 N–H and O–H groups in total. The van der Waals surface area contributed by atoms with Crippen LogP contribution in [0.1, 0.15) is 30.0 Å². The number of carbonyl (C=O) groups is 1. The Morgan fingerprint density at radius 1 is 0.893 bits per heavy atom. The lowest BCUT2D eigenvalue weighted by atomic mass is 9.96. The molecule has 0 spiro atoms. The van der Waals surface area contributed by atoms with Crippen LogP contribution >= 0.6 is 0 Å². The zero-order valence-electron chi connectivity index (χ0n) is 15.7. The molecule has 1 atom stereocenters. The van der Waals surface area contributed by atoms with Crippen LogP contribution in [0.3, 0.4) is 0 Å². The Hall–Kier alpha value is -2.31. The molecule has 0 saturated carbocycles. The van der Waals surface area contributed by atoms with Crippen molar-refractivity contribution in [1.82, 2.24) is 9.80 Å². The van der Waals surface area contributed by atoms with Gasteiger partial charge in [-0.15, -0.1) is 0 Å². The van der Waals surface area contributed by atoms with Crippen molar-refractivity contribution in [2.24, 2.45) is 0 Å². The maximum Gasteiger partial charge on any atom is 0.251 e. The van der Waals surface area contributed by atoms with Crippen LogP contribution in [-0.4, -0.2) is 54.6 Å². The largest absolute Gasteiger partial charge is 0.368 e. The predicted octanol–water partition coefficient (Wildman–Crippen LogP) is 3.38. The van der Waals surface area contributed by atoms with Gasteiger partial charge in [0.15, 0.2) is 0 Å². The molecule has 1 unspecified atom stereocenters.